The van der Waals surface area contributed by atoms with Gasteiger partial charge in [-0.2, -0.15) is 0 Å². The predicted molar refractivity (Wildman–Crippen MR) is 91.9 cm³/mol. The first-order valence-corrected chi connectivity index (χ1v) is 9.82. The van der Waals surface area contributed by atoms with E-state index in [9.17, 15) is 13.2 Å². The summed E-state index contributed by atoms with van der Waals surface area (Å²) >= 11 is 1.58. The third kappa shape index (κ3) is 3.17. The van der Waals surface area contributed by atoms with Crippen LogP contribution in [0.3, 0.4) is 0 Å². The molecule has 0 radical (unpaired) electrons. The van der Waals surface area contributed by atoms with Gasteiger partial charge in [-0.25, -0.2) is 18.1 Å². The van der Waals surface area contributed by atoms with Gasteiger partial charge in [0.2, 0.25) is 10.0 Å². The van der Waals surface area contributed by atoms with Gasteiger partial charge in [0, 0.05) is 51.0 Å². The van der Waals surface area contributed by atoms with E-state index in [1.165, 1.54) is 19.3 Å². The molecule has 1 amide bonds. The van der Waals surface area contributed by atoms with Gasteiger partial charge in [-0.1, -0.05) is 0 Å². The number of carbonyl (C=O) groups excluding carboxylic acids is 1. The molecule has 1 saturated heterocycles. The summed E-state index contributed by atoms with van der Waals surface area (Å²) in [6.45, 7) is 2.59. The van der Waals surface area contributed by atoms with E-state index < -0.39 is 10.0 Å². The van der Waals surface area contributed by atoms with Crippen molar-refractivity contribution < 1.29 is 13.2 Å². The van der Waals surface area contributed by atoms with Crippen molar-refractivity contribution in [1.82, 2.24) is 19.2 Å². The number of nitrogens with zero attached hydrogens (tertiary/aromatic N) is 4. The summed E-state index contributed by atoms with van der Waals surface area (Å²) in [6, 6.07) is 1.42. The number of sulfonamides is 1. The first-order chi connectivity index (χ1) is 11.4. The van der Waals surface area contributed by atoms with E-state index in [-0.39, 0.29) is 10.8 Å². The van der Waals surface area contributed by atoms with Gasteiger partial charge in [0.1, 0.15) is 10.6 Å². The fraction of sp³-hybridized carbons (Fsp3) is 0.429. The first kappa shape index (κ1) is 16.9. The number of hydrogen-bond donors (Lipinski definition) is 1. The Hall–Kier alpha value is -1.91. The lowest BCUT2D eigenvalue weighted by molar-refractivity contribution is 0.0737. The highest BCUT2D eigenvalue weighted by molar-refractivity contribution is 7.89. The van der Waals surface area contributed by atoms with E-state index in [0.29, 0.717) is 31.9 Å². The highest BCUT2D eigenvalue weighted by Gasteiger charge is 2.26. The quantitative estimate of drug-likeness (QED) is 0.840. The summed E-state index contributed by atoms with van der Waals surface area (Å²) in [6.07, 6.45) is 3.22. The molecule has 1 aliphatic heterocycles. The van der Waals surface area contributed by atoms with Gasteiger partial charge in [0.25, 0.3) is 5.91 Å². The molecule has 2 aromatic heterocycles. The predicted octanol–water partition coefficient (Wildman–Crippen LogP) is 0.352. The zero-order chi connectivity index (χ0) is 17.3. The summed E-state index contributed by atoms with van der Waals surface area (Å²) in [5.74, 6) is -0.158. The molecule has 1 aliphatic rings. The topological polar surface area (TPSA) is 87.5 Å². The Balaban J connectivity index is 1.72. The Morgan fingerprint density at radius 2 is 2.00 bits per heavy atom. The monoisotopic (exact) mass is 369 g/mol. The maximum absolute atomic E-state index is 12.7. The zero-order valence-electron chi connectivity index (χ0n) is 13.5. The maximum Gasteiger partial charge on any atom is 0.270 e. The Bertz CT molecular complexity index is 821. The van der Waals surface area contributed by atoms with Crippen LogP contribution in [0.5, 0.6) is 0 Å². The number of rotatable bonds is 4. The van der Waals surface area contributed by atoms with Crippen LogP contribution in [0.25, 0.3) is 0 Å². The van der Waals surface area contributed by atoms with Crippen LogP contribution in [0, 0.1) is 0 Å². The minimum absolute atomic E-state index is 0.0947. The molecule has 3 heterocycles. The summed E-state index contributed by atoms with van der Waals surface area (Å²) in [5.41, 5.74) is 0.367. The molecule has 2 aromatic rings. The van der Waals surface area contributed by atoms with Crippen LogP contribution < -0.4 is 9.62 Å². The molecule has 1 fully saturated rings. The van der Waals surface area contributed by atoms with Gasteiger partial charge >= 0.3 is 0 Å². The second-order valence-electron chi connectivity index (χ2n) is 5.47. The van der Waals surface area contributed by atoms with E-state index in [4.69, 9.17) is 0 Å². The number of carbonyl (C=O) groups is 1. The lowest BCUT2D eigenvalue weighted by Gasteiger charge is -2.34. The number of nitrogens with one attached hydrogen (secondary N) is 1. The van der Waals surface area contributed by atoms with Crippen LogP contribution in [0.4, 0.5) is 5.13 Å². The van der Waals surface area contributed by atoms with Crippen molar-refractivity contribution in [3.63, 3.8) is 0 Å². The lowest BCUT2D eigenvalue weighted by atomic mass is 10.3. The number of aryl methyl sites for hydroxylation is 1. The number of piperazine rings is 1. The van der Waals surface area contributed by atoms with Crippen molar-refractivity contribution >= 4 is 32.4 Å². The smallest absolute Gasteiger partial charge is 0.270 e. The molecule has 0 aromatic carbocycles. The van der Waals surface area contributed by atoms with Gasteiger partial charge in [0.05, 0.1) is 0 Å². The summed E-state index contributed by atoms with van der Waals surface area (Å²) in [4.78, 5) is 21.0. The van der Waals surface area contributed by atoms with E-state index in [2.05, 4.69) is 14.6 Å². The normalized spacial score (nSPS) is 15.8. The Morgan fingerprint density at radius 1 is 1.29 bits per heavy atom. The van der Waals surface area contributed by atoms with E-state index in [1.54, 1.807) is 34.0 Å². The second kappa shape index (κ2) is 6.54. The van der Waals surface area contributed by atoms with E-state index in [0.717, 1.165) is 5.13 Å². The average molecular weight is 369 g/mol. The first-order valence-electron chi connectivity index (χ1n) is 7.46. The highest BCUT2D eigenvalue weighted by Crippen LogP contribution is 2.20. The zero-order valence-corrected chi connectivity index (χ0v) is 15.1. The lowest BCUT2D eigenvalue weighted by Crippen LogP contribution is -2.49. The molecule has 0 atom stereocenters. The minimum Gasteiger partial charge on any atom is -0.345 e. The fourth-order valence-corrected chi connectivity index (χ4v) is 4.14. The van der Waals surface area contributed by atoms with Crippen LogP contribution in [-0.2, 0) is 17.1 Å². The van der Waals surface area contributed by atoms with Crippen molar-refractivity contribution in [2.24, 2.45) is 7.05 Å². The van der Waals surface area contributed by atoms with Crippen molar-refractivity contribution in [3.05, 3.63) is 29.5 Å². The number of aromatic nitrogens is 2. The molecule has 24 heavy (non-hydrogen) atoms. The van der Waals surface area contributed by atoms with Crippen LogP contribution in [0.1, 0.15) is 10.5 Å². The van der Waals surface area contributed by atoms with Crippen LogP contribution in [-0.4, -0.2) is 62.0 Å². The van der Waals surface area contributed by atoms with Gasteiger partial charge in [-0.05, 0) is 13.1 Å². The standard InChI is InChI=1S/C14H19N5O3S2/c1-15-24(21,22)11-9-12(17(2)10-11)13(20)18-4-6-19(7-5-18)14-16-3-8-23-14/h3,8-10,15H,4-7H2,1-2H3. The second-order valence-corrected chi connectivity index (χ2v) is 8.23. The van der Waals surface area contributed by atoms with Gasteiger partial charge in [-0.15, -0.1) is 11.3 Å². The number of thiazole rings is 1. The molecule has 0 unspecified atom stereocenters. The number of amides is 1. The van der Waals surface area contributed by atoms with Crippen LogP contribution in [0.2, 0.25) is 0 Å². The molecule has 10 heteroatoms. The number of hydrogen-bond acceptors (Lipinski definition) is 6. The summed E-state index contributed by atoms with van der Waals surface area (Å²) in [5, 5.41) is 2.89. The van der Waals surface area contributed by atoms with Crippen molar-refractivity contribution in [2.45, 2.75) is 4.90 Å². The van der Waals surface area contributed by atoms with E-state index >= 15 is 0 Å². The molecule has 0 spiro atoms. The van der Waals surface area contributed by atoms with Crippen molar-refractivity contribution in [1.29, 1.82) is 0 Å². The average Bonchev–Trinajstić information content (AvgIpc) is 3.24. The molecular weight excluding hydrogens is 350 g/mol. The molecule has 0 aliphatic carbocycles. The molecule has 1 N–H and O–H groups in total. The molecular formula is C14H19N5O3S2. The minimum atomic E-state index is -3.56. The third-order valence-electron chi connectivity index (χ3n) is 4.03. The Morgan fingerprint density at radius 3 is 2.58 bits per heavy atom. The van der Waals surface area contributed by atoms with E-state index in [1.807, 2.05) is 5.38 Å². The van der Waals surface area contributed by atoms with Crippen molar-refractivity contribution in [3.8, 4) is 0 Å². The fourth-order valence-electron chi connectivity index (χ4n) is 2.65. The summed E-state index contributed by atoms with van der Waals surface area (Å²) < 4.78 is 27.6. The molecule has 8 nitrogen and oxygen atoms in total. The van der Waals surface area contributed by atoms with Gasteiger partial charge in [0.15, 0.2) is 5.13 Å². The highest BCUT2D eigenvalue weighted by atomic mass is 32.2. The molecule has 0 bridgehead atoms. The maximum atomic E-state index is 12.7. The Labute approximate surface area is 144 Å². The molecule has 0 saturated carbocycles. The SMILES string of the molecule is CNS(=O)(=O)c1cc(C(=O)N2CCN(c3nccs3)CC2)n(C)c1. The number of anilines is 1. The van der Waals surface area contributed by atoms with Gasteiger partial charge < -0.3 is 14.4 Å². The molecule has 130 valence electrons. The van der Waals surface area contributed by atoms with Gasteiger partial charge in [-0.3, -0.25) is 4.79 Å². The van der Waals surface area contributed by atoms with Crippen LogP contribution >= 0.6 is 11.3 Å². The largest absolute Gasteiger partial charge is 0.345 e. The summed E-state index contributed by atoms with van der Waals surface area (Å²) in [7, 11) is -0.536. The van der Waals surface area contributed by atoms with Crippen LogP contribution in [0.15, 0.2) is 28.7 Å². The Kier molecular flexibility index (Phi) is 4.61. The molecule has 3 rings (SSSR count). The van der Waals surface area contributed by atoms with Crippen molar-refractivity contribution in [2.75, 3.05) is 38.1 Å². The third-order valence-corrected chi connectivity index (χ3v) is 6.25.